The molecule has 63 valence electrons. The molecule has 5 heteroatoms. The van der Waals surface area contributed by atoms with Gasteiger partial charge in [0.25, 0.3) is 0 Å². The number of rotatable bonds is 0. The minimum absolute atomic E-state index is 0. The van der Waals surface area contributed by atoms with Gasteiger partial charge in [-0.25, -0.2) is 8.78 Å². The van der Waals surface area contributed by atoms with Crippen LogP contribution in [-0.4, -0.2) is 0 Å². The zero-order chi connectivity index (χ0) is 8.85. The molecule has 0 aliphatic rings. The third-order valence-corrected chi connectivity index (χ3v) is 0.919. The van der Waals surface area contributed by atoms with Gasteiger partial charge in [0.1, 0.15) is 11.6 Å². The summed E-state index contributed by atoms with van der Waals surface area (Å²) >= 11 is 1.90. The number of hydrogen-bond acceptors (Lipinski definition) is 1. The van der Waals surface area contributed by atoms with Crippen molar-refractivity contribution < 1.29 is 33.4 Å². The summed E-state index contributed by atoms with van der Waals surface area (Å²) in [7, 11) is 0. The molecule has 0 aromatic heterocycles. The number of hydrogen-bond donors (Lipinski definition) is 0. The van der Waals surface area contributed by atoms with Crippen molar-refractivity contribution in [3.8, 4) is 5.75 Å². The van der Waals surface area contributed by atoms with E-state index in [0.29, 0.717) is 0 Å². The molecule has 0 N–H and O–H groups in total. The predicted octanol–water partition coefficient (Wildman–Crippen LogP) is 2.25. The first-order chi connectivity index (χ1) is 5.22. The molecule has 1 aromatic rings. The van der Waals surface area contributed by atoms with E-state index in [4.69, 9.17) is 0 Å². The second-order valence-electron chi connectivity index (χ2n) is 1.55. The summed E-state index contributed by atoms with van der Waals surface area (Å²) in [5, 5.41) is 10.2. The Hall–Kier alpha value is 0.233. The Balaban J connectivity index is 0. The normalized spacial score (nSPS) is 7.67. The Kier molecular flexibility index (Phi) is 9.66. The van der Waals surface area contributed by atoms with Crippen LogP contribution in [0, 0.1) is 16.6 Å². The van der Waals surface area contributed by atoms with E-state index in [-0.39, 0.29) is 19.5 Å². The molecule has 0 saturated heterocycles. The monoisotopic (exact) mass is 334 g/mol. The minimum atomic E-state index is -1.17. The SMILES string of the molecule is [CH2]I.[O-]c1c(F)cccc1F.[Zn]. The molecule has 1 radical (unpaired) electrons. The first-order valence-corrected chi connectivity index (χ1v) is 4.12. The molecule has 0 fully saturated rings. The molecule has 0 aliphatic heterocycles. The minimum Gasteiger partial charge on any atom is -0.869 e. The molecule has 0 atom stereocenters. The van der Waals surface area contributed by atoms with Gasteiger partial charge in [0.15, 0.2) is 0 Å². The van der Waals surface area contributed by atoms with Crippen molar-refractivity contribution in [1.29, 1.82) is 0 Å². The van der Waals surface area contributed by atoms with Crippen LogP contribution in [0.25, 0.3) is 0 Å². The van der Waals surface area contributed by atoms with Gasteiger partial charge in [-0.1, -0.05) is 28.7 Å². The average Bonchev–Trinajstić information content (AvgIpc) is 2.04. The van der Waals surface area contributed by atoms with Gasteiger partial charge in [-0.2, -0.15) is 0 Å². The quantitative estimate of drug-likeness (QED) is 0.527. The van der Waals surface area contributed by atoms with Crippen LogP contribution in [0.3, 0.4) is 0 Å². The summed E-state index contributed by atoms with van der Waals surface area (Å²) < 4.78 is 24.1. The van der Waals surface area contributed by atoms with Gasteiger partial charge < -0.3 is 5.11 Å². The molecule has 0 saturated carbocycles. The largest absolute Gasteiger partial charge is 0.869 e. The summed E-state index contributed by atoms with van der Waals surface area (Å²) in [4.78, 5) is 3.22. The van der Waals surface area contributed by atoms with Crippen molar-refractivity contribution in [3.05, 3.63) is 34.8 Å². The average molecular weight is 335 g/mol. The van der Waals surface area contributed by atoms with Crippen LogP contribution in [-0.2, 0) is 19.5 Å². The molecule has 0 unspecified atom stereocenters. The van der Waals surface area contributed by atoms with Crippen LogP contribution < -0.4 is 5.11 Å². The van der Waals surface area contributed by atoms with Crippen LogP contribution in [0.1, 0.15) is 0 Å². The van der Waals surface area contributed by atoms with E-state index in [9.17, 15) is 13.9 Å². The van der Waals surface area contributed by atoms with Crippen molar-refractivity contribution >= 4 is 22.6 Å². The van der Waals surface area contributed by atoms with Crippen molar-refractivity contribution in [2.75, 3.05) is 0 Å². The summed E-state index contributed by atoms with van der Waals surface area (Å²) in [6, 6.07) is 2.99. The first kappa shape index (κ1) is 14.7. The van der Waals surface area contributed by atoms with Gasteiger partial charge >= 0.3 is 0 Å². The van der Waals surface area contributed by atoms with E-state index < -0.39 is 17.4 Å². The molecule has 12 heavy (non-hydrogen) atoms. The fraction of sp³-hybridized carbons (Fsp3) is 0. The molecular formula is C7H5F2IOZn-. The Morgan fingerprint density at radius 1 is 1.17 bits per heavy atom. The predicted molar refractivity (Wildman–Crippen MR) is 45.2 cm³/mol. The molecule has 1 rings (SSSR count). The molecule has 0 spiro atoms. The zero-order valence-electron chi connectivity index (χ0n) is 6.19. The standard InChI is InChI=1S/C6H4F2O.CH2I.Zn/c7-4-2-1-3-5(8)6(4)9;1-2;/h1-3,9H;1H2;/p-1. The van der Waals surface area contributed by atoms with Crippen molar-refractivity contribution in [2.24, 2.45) is 0 Å². The van der Waals surface area contributed by atoms with E-state index in [1.807, 2.05) is 22.6 Å². The summed E-state index contributed by atoms with van der Waals surface area (Å²) in [5.74, 6) is -3.26. The fourth-order valence-corrected chi connectivity index (χ4v) is 0.483. The maximum Gasteiger partial charge on any atom is 0.118 e. The van der Waals surface area contributed by atoms with Gasteiger partial charge in [-0.15, -0.1) is 0 Å². The molecule has 0 bridgehead atoms. The molecule has 0 aliphatic carbocycles. The zero-order valence-corrected chi connectivity index (χ0v) is 11.3. The maximum absolute atomic E-state index is 12.0. The van der Waals surface area contributed by atoms with Crippen LogP contribution >= 0.6 is 22.6 Å². The van der Waals surface area contributed by atoms with Gasteiger partial charge in [0.05, 0.1) is 0 Å². The number of halogens is 3. The maximum atomic E-state index is 12.0. The third-order valence-electron chi connectivity index (χ3n) is 0.919. The smallest absolute Gasteiger partial charge is 0.118 e. The second kappa shape index (κ2) is 7.86. The van der Waals surface area contributed by atoms with E-state index in [1.165, 1.54) is 0 Å². The number of benzene rings is 1. The van der Waals surface area contributed by atoms with E-state index in [1.54, 1.807) is 0 Å². The molecule has 1 nitrogen and oxygen atoms in total. The third kappa shape index (κ3) is 4.31. The summed E-state index contributed by atoms with van der Waals surface area (Å²) in [6.45, 7) is 0. The van der Waals surface area contributed by atoms with E-state index in [0.717, 1.165) is 18.2 Å². The Morgan fingerprint density at radius 3 is 1.75 bits per heavy atom. The Morgan fingerprint density at radius 2 is 1.50 bits per heavy atom. The first-order valence-electron chi connectivity index (χ1n) is 2.59. The van der Waals surface area contributed by atoms with Gasteiger partial charge in [-0.3, -0.25) is 0 Å². The second-order valence-corrected chi connectivity index (χ2v) is 1.55. The Labute approximate surface area is 96.1 Å². The topological polar surface area (TPSA) is 23.1 Å². The van der Waals surface area contributed by atoms with Crippen molar-refractivity contribution in [2.45, 2.75) is 0 Å². The van der Waals surface area contributed by atoms with Gasteiger partial charge in [-0.05, 0) is 17.9 Å². The number of para-hydroxylation sites is 1. The van der Waals surface area contributed by atoms with Crippen LogP contribution in [0.5, 0.6) is 5.75 Å². The summed E-state index contributed by atoms with van der Waals surface area (Å²) in [5.41, 5.74) is 0. The van der Waals surface area contributed by atoms with Gasteiger partial charge in [0, 0.05) is 24.4 Å². The molecule has 0 amide bonds. The van der Waals surface area contributed by atoms with Crippen LogP contribution in [0.15, 0.2) is 18.2 Å². The fourth-order valence-electron chi connectivity index (χ4n) is 0.483. The Bertz CT molecular complexity index is 212. The molecule has 0 heterocycles. The summed E-state index contributed by atoms with van der Waals surface area (Å²) in [6.07, 6.45) is 0. The van der Waals surface area contributed by atoms with E-state index >= 15 is 0 Å². The molecule has 1 aromatic carbocycles. The van der Waals surface area contributed by atoms with Gasteiger partial charge in [0.2, 0.25) is 0 Å². The molecular weight excluding hydrogens is 330 g/mol. The van der Waals surface area contributed by atoms with E-state index in [2.05, 4.69) is 4.93 Å². The van der Waals surface area contributed by atoms with Crippen molar-refractivity contribution in [1.82, 2.24) is 0 Å². The van der Waals surface area contributed by atoms with Crippen molar-refractivity contribution in [3.63, 3.8) is 0 Å². The van der Waals surface area contributed by atoms with Crippen LogP contribution in [0.4, 0.5) is 8.78 Å². The van der Waals surface area contributed by atoms with Crippen LogP contribution in [0.2, 0.25) is 0 Å².